The Morgan fingerprint density at radius 3 is 2.86 bits per heavy atom. The summed E-state index contributed by atoms with van der Waals surface area (Å²) in [6.07, 6.45) is -1.61. The lowest BCUT2D eigenvalue weighted by Gasteiger charge is -2.35. The zero-order chi connectivity index (χ0) is 19.9. The molecule has 2 fully saturated rings. The van der Waals surface area contributed by atoms with Gasteiger partial charge in [0.2, 0.25) is 5.91 Å². The number of halogens is 3. The van der Waals surface area contributed by atoms with Gasteiger partial charge in [0, 0.05) is 24.5 Å². The van der Waals surface area contributed by atoms with Gasteiger partial charge in [-0.1, -0.05) is 0 Å². The normalized spacial score (nSPS) is 19.5. The summed E-state index contributed by atoms with van der Waals surface area (Å²) in [7, 11) is 0. The zero-order valence-corrected chi connectivity index (χ0v) is 15.1. The van der Waals surface area contributed by atoms with Gasteiger partial charge >= 0.3 is 6.36 Å². The van der Waals surface area contributed by atoms with E-state index in [-0.39, 0.29) is 22.8 Å². The molecule has 2 heterocycles. The first kappa shape index (κ1) is 18.7. The molecule has 1 aliphatic heterocycles. The van der Waals surface area contributed by atoms with Crippen molar-refractivity contribution >= 4 is 22.6 Å². The molecule has 1 N–H and O–H groups in total. The van der Waals surface area contributed by atoms with Crippen LogP contribution in [-0.4, -0.2) is 58.5 Å². The van der Waals surface area contributed by atoms with E-state index in [1.54, 1.807) is 11.8 Å². The molecule has 1 aromatic heterocycles. The number of anilines is 1. The third kappa shape index (κ3) is 3.96. The minimum Gasteiger partial charge on any atom is -0.406 e. The summed E-state index contributed by atoms with van der Waals surface area (Å²) in [4.78, 5) is 22.7. The molecule has 1 amide bonds. The Labute approximate surface area is 158 Å². The van der Waals surface area contributed by atoms with Crippen molar-refractivity contribution in [1.29, 1.82) is 0 Å². The van der Waals surface area contributed by atoms with Crippen molar-refractivity contribution < 1.29 is 27.4 Å². The highest BCUT2D eigenvalue weighted by molar-refractivity contribution is 5.92. The van der Waals surface area contributed by atoms with Gasteiger partial charge < -0.3 is 19.7 Å². The highest BCUT2D eigenvalue weighted by Gasteiger charge is 2.48. The topological polar surface area (TPSA) is 76.6 Å². The maximum Gasteiger partial charge on any atom is 0.573 e. The van der Waals surface area contributed by atoms with Crippen molar-refractivity contribution in [2.24, 2.45) is 0 Å². The molecule has 1 aromatic carbocycles. The Balaban J connectivity index is 1.49. The second-order valence-corrected chi connectivity index (χ2v) is 7.11. The number of rotatable bonds is 4. The second kappa shape index (κ2) is 6.77. The van der Waals surface area contributed by atoms with Gasteiger partial charge in [0.25, 0.3) is 0 Å². The van der Waals surface area contributed by atoms with Gasteiger partial charge in [0.1, 0.15) is 23.9 Å². The molecule has 1 saturated heterocycles. The summed E-state index contributed by atoms with van der Waals surface area (Å²) in [6.45, 7) is 3.37. The highest BCUT2D eigenvalue weighted by Crippen LogP contribution is 2.42. The van der Waals surface area contributed by atoms with E-state index >= 15 is 0 Å². The van der Waals surface area contributed by atoms with Crippen LogP contribution in [0.25, 0.3) is 10.9 Å². The number of benzene rings is 1. The highest BCUT2D eigenvalue weighted by atomic mass is 19.4. The lowest BCUT2D eigenvalue weighted by Crippen LogP contribution is -2.51. The quantitative estimate of drug-likeness (QED) is 0.857. The molecule has 2 aromatic rings. The van der Waals surface area contributed by atoms with Crippen molar-refractivity contribution in [3.8, 4) is 5.75 Å². The van der Waals surface area contributed by atoms with Gasteiger partial charge in [-0.05, 0) is 31.9 Å². The predicted molar refractivity (Wildman–Crippen MR) is 93.8 cm³/mol. The summed E-state index contributed by atoms with van der Waals surface area (Å²) in [5.74, 6) is -0.0611. The van der Waals surface area contributed by atoms with E-state index in [9.17, 15) is 18.0 Å². The molecule has 0 unspecified atom stereocenters. The molecule has 28 heavy (non-hydrogen) atoms. The number of amides is 1. The Morgan fingerprint density at radius 2 is 2.14 bits per heavy atom. The van der Waals surface area contributed by atoms with Gasteiger partial charge in [-0.3, -0.25) is 4.79 Å². The largest absolute Gasteiger partial charge is 0.573 e. The Kier molecular flexibility index (Phi) is 4.53. The van der Waals surface area contributed by atoms with Gasteiger partial charge in [0.15, 0.2) is 0 Å². The molecule has 2 aliphatic rings. The fraction of sp³-hybridized carbons (Fsp3) is 0.500. The van der Waals surface area contributed by atoms with E-state index in [0.29, 0.717) is 30.9 Å². The van der Waals surface area contributed by atoms with Crippen LogP contribution in [-0.2, 0) is 9.53 Å². The standard InChI is InChI=1S/C18H19F3N4O3/c1-11(16(26)25-6-7-27-17(9-25)4-5-17)24-15-13-3-2-12(28-18(19,20)21)8-14(13)22-10-23-15/h2-3,8,10-11H,4-7,9H2,1H3,(H,22,23,24)/t11-/m1/s1. The lowest BCUT2D eigenvalue weighted by molar-refractivity contribution is -0.274. The molecule has 1 atom stereocenters. The van der Waals surface area contributed by atoms with Crippen molar-refractivity contribution in [2.45, 2.75) is 37.8 Å². The smallest absolute Gasteiger partial charge is 0.406 e. The molecular weight excluding hydrogens is 377 g/mol. The third-order valence-electron chi connectivity index (χ3n) is 4.93. The number of alkyl halides is 3. The number of morpholine rings is 1. The number of ether oxygens (including phenoxy) is 2. The van der Waals surface area contributed by atoms with Crippen LogP contribution in [0.5, 0.6) is 5.75 Å². The van der Waals surface area contributed by atoms with Crippen LogP contribution in [0, 0.1) is 0 Å². The van der Waals surface area contributed by atoms with Crippen molar-refractivity contribution in [3.63, 3.8) is 0 Å². The number of carbonyl (C=O) groups is 1. The minimum absolute atomic E-state index is 0.0710. The van der Waals surface area contributed by atoms with E-state index in [1.807, 2.05) is 0 Å². The second-order valence-electron chi connectivity index (χ2n) is 7.11. The van der Waals surface area contributed by atoms with Crippen molar-refractivity contribution in [3.05, 3.63) is 24.5 Å². The van der Waals surface area contributed by atoms with Crippen LogP contribution in [0.15, 0.2) is 24.5 Å². The van der Waals surface area contributed by atoms with Crippen LogP contribution in [0.3, 0.4) is 0 Å². The van der Waals surface area contributed by atoms with E-state index < -0.39 is 12.4 Å². The van der Waals surface area contributed by atoms with E-state index in [1.165, 1.54) is 24.5 Å². The molecule has 7 nitrogen and oxygen atoms in total. The molecule has 4 rings (SSSR count). The first-order valence-electron chi connectivity index (χ1n) is 8.95. The van der Waals surface area contributed by atoms with Crippen LogP contribution < -0.4 is 10.1 Å². The van der Waals surface area contributed by atoms with Crippen LogP contribution in [0.2, 0.25) is 0 Å². The SMILES string of the molecule is C[C@@H](Nc1ncnc2cc(OC(F)(F)F)ccc12)C(=O)N1CCOC2(CC2)C1. The Bertz CT molecular complexity index is 901. The molecule has 150 valence electrons. The third-order valence-corrected chi connectivity index (χ3v) is 4.93. The average Bonchev–Trinajstić information content (AvgIpc) is 3.38. The van der Waals surface area contributed by atoms with Crippen LogP contribution in [0.4, 0.5) is 19.0 Å². The number of hydrogen-bond acceptors (Lipinski definition) is 6. The molecular formula is C18H19F3N4O3. The number of nitrogens with zero attached hydrogens (tertiary/aromatic N) is 3. The van der Waals surface area contributed by atoms with E-state index in [4.69, 9.17) is 4.74 Å². The predicted octanol–water partition coefficient (Wildman–Crippen LogP) is 2.72. The Morgan fingerprint density at radius 1 is 1.36 bits per heavy atom. The molecule has 0 radical (unpaired) electrons. The number of fused-ring (bicyclic) bond motifs is 1. The minimum atomic E-state index is -4.78. The summed E-state index contributed by atoms with van der Waals surface area (Å²) in [5, 5.41) is 3.55. The lowest BCUT2D eigenvalue weighted by atomic mass is 10.2. The summed E-state index contributed by atoms with van der Waals surface area (Å²) >= 11 is 0. The Hall–Kier alpha value is -2.62. The van der Waals surface area contributed by atoms with Crippen LogP contribution in [0.1, 0.15) is 19.8 Å². The molecule has 1 aliphatic carbocycles. The molecule has 0 bridgehead atoms. The van der Waals surface area contributed by atoms with E-state index in [0.717, 1.165) is 12.8 Å². The maximum absolute atomic E-state index is 12.8. The van der Waals surface area contributed by atoms with Gasteiger partial charge in [0.05, 0.1) is 17.7 Å². The van der Waals surface area contributed by atoms with Gasteiger partial charge in [-0.2, -0.15) is 0 Å². The number of carbonyl (C=O) groups excluding carboxylic acids is 1. The number of hydrogen-bond donors (Lipinski definition) is 1. The first-order chi connectivity index (χ1) is 13.2. The van der Waals surface area contributed by atoms with E-state index in [2.05, 4.69) is 20.0 Å². The zero-order valence-electron chi connectivity index (χ0n) is 15.1. The number of aromatic nitrogens is 2. The van der Waals surface area contributed by atoms with Gasteiger partial charge in [-0.25, -0.2) is 9.97 Å². The summed E-state index contributed by atoms with van der Waals surface area (Å²) in [6, 6.07) is 3.25. The molecule has 1 spiro atoms. The summed E-state index contributed by atoms with van der Waals surface area (Å²) in [5.41, 5.74) is 0.117. The molecule has 10 heteroatoms. The fourth-order valence-electron chi connectivity index (χ4n) is 3.36. The van der Waals surface area contributed by atoms with Crippen LogP contribution >= 0.6 is 0 Å². The first-order valence-corrected chi connectivity index (χ1v) is 8.95. The van der Waals surface area contributed by atoms with Crippen molar-refractivity contribution in [2.75, 3.05) is 25.0 Å². The van der Waals surface area contributed by atoms with Crippen molar-refractivity contribution in [1.82, 2.24) is 14.9 Å². The molecule has 1 saturated carbocycles. The average molecular weight is 396 g/mol. The monoisotopic (exact) mass is 396 g/mol. The fourth-order valence-corrected chi connectivity index (χ4v) is 3.36. The summed E-state index contributed by atoms with van der Waals surface area (Å²) < 4.78 is 46.8. The van der Waals surface area contributed by atoms with Gasteiger partial charge in [-0.15, -0.1) is 13.2 Å². The maximum atomic E-state index is 12.8. The number of nitrogens with one attached hydrogen (secondary N) is 1.